The molecule has 1 N–H and O–H groups in total. The van der Waals surface area contributed by atoms with Gasteiger partial charge >= 0.3 is 0 Å². The fourth-order valence-corrected chi connectivity index (χ4v) is 4.66. The van der Waals surface area contributed by atoms with Gasteiger partial charge in [-0.05, 0) is 56.3 Å². The second-order valence-corrected chi connectivity index (χ2v) is 9.39. The van der Waals surface area contributed by atoms with E-state index in [9.17, 15) is 14.0 Å². The molecular weight excluding hydrogens is 459 g/mol. The van der Waals surface area contributed by atoms with Gasteiger partial charge in [-0.15, -0.1) is 0 Å². The molecule has 0 radical (unpaired) electrons. The largest absolute Gasteiger partial charge is 0.372 e. The van der Waals surface area contributed by atoms with E-state index in [0.29, 0.717) is 31.2 Å². The average Bonchev–Trinajstić information content (AvgIpc) is 2.80. The van der Waals surface area contributed by atoms with Crippen LogP contribution in [-0.2, 0) is 9.53 Å². The summed E-state index contributed by atoms with van der Waals surface area (Å²) >= 11 is 5.91. The van der Waals surface area contributed by atoms with Gasteiger partial charge in [0.1, 0.15) is 5.82 Å². The highest BCUT2D eigenvalue weighted by Crippen LogP contribution is 2.22. The van der Waals surface area contributed by atoms with Gasteiger partial charge in [0.05, 0.1) is 24.3 Å². The molecule has 2 aromatic carbocycles. The summed E-state index contributed by atoms with van der Waals surface area (Å²) in [5.41, 5.74) is 1.83. The van der Waals surface area contributed by atoms with Crippen LogP contribution in [0.4, 0.5) is 15.8 Å². The second kappa shape index (κ2) is 10.7. The maximum Gasteiger partial charge on any atom is 0.256 e. The van der Waals surface area contributed by atoms with Crippen LogP contribution in [0.5, 0.6) is 0 Å². The number of nitrogens with zero attached hydrogens (tertiary/aromatic N) is 3. The first kappa shape index (κ1) is 24.4. The van der Waals surface area contributed by atoms with E-state index in [1.165, 1.54) is 18.2 Å². The monoisotopic (exact) mass is 488 g/mol. The summed E-state index contributed by atoms with van der Waals surface area (Å²) < 4.78 is 19.8. The van der Waals surface area contributed by atoms with Crippen LogP contribution in [0.1, 0.15) is 24.2 Å². The standard InChI is InChI=1S/C25H30ClFN4O3/c1-17-14-31(15-18(2)34-17)21-6-4-20(5-7-21)28-24(32)16-29-9-11-30(12-10-29)25(33)22-13-19(26)3-8-23(22)27/h3-8,13,17-18H,9-12,14-16H2,1-2H3,(H,28,32). The lowest BCUT2D eigenvalue weighted by atomic mass is 10.1. The van der Waals surface area contributed by atoms with Crippen molar-refractivity contribution in [3.05, 3.63) is 58.9 Å². The summed E-state index contributed by atoms with van der Waals surface area (Å²) in [5.74, 6) is -1.07. The van der Waals surface area contributed by atoms with Gasteiger partial charge in [-0.2, -0.15) is 0 Å². The maximum absolute atomic E-state index is 14.0. The van der Waals surface area contributed by atoms with Crippen molar-refractivity contribution in [2.45, 2.75) is 26.1 Å². The fraction of sp³-hybridized carbons (Fsp3) is 0.440. The van der Waals surface area contributed by atoms with Gasteiger partial charge < -0.3 is 19.9 Å². The molecule has 182 valence electrons. The molecule has 0 saturated carbocycles. The molecule has 2 heterocycles. The number of piperazine rings is 1. The highest BCUT2D eigenvalue weighted by molar-refractivity contribution is 6.31. The van der Waals surface area contributed by atoms with E-state index in [2.05, 4.69) is 24.1 Å². The minimum Gasteiger partial charge on any atom is -0.372 e. The third kappa shape index (κ3) is 6.05. The van der Waals surface area contributed by atoms with E-state index in [-0.39, 0.29) is 36.1 Å². The Bertz CT molecular complexity index is 1020. The number of hydrogen-bond donors (Lipinski definition) is 1. The molecule has 7 nitrogen and oxygen atoms in total. The van der Waals surface area contributed by atoms with E-state index in [1.807, 2.05) is 29.2 Å². The lowest BCUT2D eigenvalue weighted by Gasteiger charge is -2.37. The normalized spacial score (nSPS) is 21.4. The SMILES string of the molecule is CC1CN(c2ccc(NC(=O)CN3CCN(C(=O)c4cc(Cl)ccc4F)CC3)cc2)CC(C)O1. The number of morpholine rings is 1. The molecule has 9 heteroatoms. The summed E-state index contributed by atoms with van der Waals surface area (Å²) in [6, 6.07) is 11.8. The Labute approximate surface area is 204 Å². The van der Waals surface area contributed by atoms with Gasteiger partial charge in [0.2, 0.25) is 5.91 Å². The molecule has 2 aliphatic rings. The maximum atomic E-state index is 14.0. The molecule has 2 saturated heterocycles. The zero-order chi connectivity index (χ0) is 24.2. The molecule has 2 atom stereocenters. The number of carbonyl (C=O) groups is 2. The second-order valence-electron chi connectivity index (χ2n) is 8.95. The molecule has 2 aliphatic heterocycles. The van der Waals surface area contributed by atoms with Crippen molar-refractivity contribution >= 4 is 34.8 Å². The molecule has 34 heavy (non-hydrogen) atoms. The Morgan fingerprint density at radius 2 is 1.68 bits per heavy atom. The van der Waals surface area contributed by atoms with Crippen molar-refractivity contribution < 1.29 is 18.7 Å². The summed E-state index contributed by atoms with van der Waals surface area (Å²) in [5, 5.41) is 3.26. The van der Waals surface area contributed by atoms with Crippen LogP contribution >= 0.6 is 11.6 Å². The van der Waals surface area contributed by atoms with Crippen molar-refractivity contribution in [3.8, 4) is 0 Å². The number of halogens is 2. The molecule has 2 unspecified atom stereocenters. The Kier molecular flexibility index (Phi) is 7.70. The first-order valence-electron chi connectivity index (χ1n) is 11.6. The van der Waals surface area contributed by atoms with Crippen molar-refractivity contribution in [1.29, 1.82) is 0 Å². The van der Waals surface area contributed by atoms with Crippen LogP contribution in [0, 0.1) is 5.82 Å². The number of amides is 2. The van der Waals surface area contributed by atoms with Crippen molar-refractivity contribution in [1.82, 2.24) is 9.80 Å². The van der Waals surface area contributed by atoms with Gasteiger partial charge in [0.15, 0.2) is 0 Å². The summed E-state index contributed by atoms with van der Waals surface area (Å²) in [6.07, 6.45) is 0.367. The number of hydrogen-bond acceptors (Lipinski definition) is 5. The molecule has 2 amide bonds. The van der Waals surface area contributed by atoms with Crippen molar-refractivity contribution in [3.63, 3.8) is 0 Å². The number of carbonyl (C=O) groups excluding carboxylic acids is 2. The minimum atomic E-state index is -0.583. The topological polar surface area (TPSA) is 65.1 Å². The van der Waals surface area contributed by atoms with E-state index in [4.69, 9.17) is 16.3 Å². The molecule has 0 aromatic heterocycles. The highest BCUT2D eigenvalue weighted by atomic mass is 35.5. The molecule has 2 aromatic rings. The number of benzene rings is 2. The third-order valence-electron chi connectivity index (χ3n) is 6.12. The van der Waals surface area contributed by atoms with Crippen LogP contribution < -0.4 is 10.2 Å². The first-order chi connectivity index (χ1) is 16.3. The van der Waals surface area contributed by atoms with Gasteiger partial charge in [-0.25, -0.2) is 4.39 Å². The van der Waals surface area contributed by atoms with Gasteiger partial charge in [-0.3, -0.25) is 14.5 Å². The van der Waals surface area contributed by atoms with Crippen LogP contribution in [0.15, 0.2) is 42.5 Å². The van der Waals surface area contributed by atoms with Crippen LogP contribution in [0.2, 0.25) is 5.02 Å². The molecule has 4 rings (SSSR count). The van der Waals surface area contributed by atoms with E-state index < -0.39 is 5.82 Å². The predicted molar refractivity (Wildman–Crippen MR) is 131 cm³/mol. The van der Waals surface area contributed by atoms with Crippen LogP contribution in [-0.4, -0.2) is 79.6 Å². The molecule has 0 bridgehead atoms. The smallest absolute Gasteiger partial charge is 0.256 e. The summed E-state index contributed by atoms with van der Waals surface area (Å²) in [4.78, 5) is 31.1. The van der Waals surface area contributed by atoms with Gasteiger partial charge in [0.25, 0.3) is 5.91 Å². The van der Waals surface area contributed by atoms with Crippen LogP contribution in [0.25, 0.3) is 0 Å². The quantitative estimate of drug-likeness (QED) is 0.698. The number of ether oxygens (including phenoxy) is 1. The van der Waals surface area contributed by atoms with E-state index >= 15 is 0 Å². The zero-order valence-corrected chi connectivity index (χ0v) is 20.2. The van der Waals surface area contributed by atoms with E-state index in [0.717, 1.165) is 24.5 Å². The molecule has 0 aliphatic carbocycles. The molecule has 0 spiro atoms. The Balaban J connectivity index is 1.25. The van der Waals surface area contributed by atoms with E-state index in [1.54, 1.807) is 4.90 Å². The van der Waals surface area contributed by atoms with Crippen LogP contribution in [0.3, 0.4) is 0 Å². The lowest BCUT2D eigenvalue weighted by molar-refractivity contribution is -0.117. The third-order valence-corrected chi connectivity index (χ3v) is 6.36. The Morgan fingerprint density at radius 3 is 2.32 bits per heavy atom. The van der Waals surface area contributed by atoms with Gasteiger partial charge in [0, 0.05) is 55.7 Å². The first-order valence-corrected chi connectivity index (χ1v) is 11.9. The average molecular weight is 489 g/mol. The number of rotatable bonds is 5. The predicted octanol–water partition coefficient (Wildman–Crippen LogP) is 3.49. The zero-order valence-electron chi connectivity index (χ0n) is 19.5. The van der Waals surface area contributed by atoms with Gasteiger partial charge in [-0.1, -0.05) is 11.6 Å². The lowest BCUT2D eigenvalue weighted by Crippen LogP contribution is -2.50. The summed E-state index contributed by atoms with van der Waals surface area (Å²) in [6.45, 7) is 7.97. The van der Waals surface area contributed by atoms with Crippen molar-refractivity contribution in [2.24, 2.45) is 0 Å². The highest BCUT2D eigenvalue weighted by Gasteiger charge is 2.25. The molecule has 2 fully saturated rings. The minimum absolute atomic E-state index is 0.0249. The summed E-state index contributed by atoms with van der Waals surface area (Å²) in [7, 11) is 0. The molecular formula is C25H30ClFN4O3. The Morgan fingerprint density at radius 1 is 1.03 bits per heavy atom. The number of nitrogens with one attached hydrogen (secondary N) is 1. The van der Waals surface area contributed by atoms with Crippen molar-refractivity contribution in [2.75, 3.05) is 56.0 Å². The number of anilines is 2. The Hall–Kier alpha value is -2.68. The fourth-order valence-electron chi connectivity index (χ4n) is 4.49.